The molecule has 0 saturated heterocycles. The van der Waals surface area contributed by atoms with Crippen LogP contribution in [0.25, 0.3) is 11.0 Å². The Bertz CT molecular complexity index is 898. The Morgan fingerprint density at radius 3 is 2.72 bits per heavy atom. The lowest BCUT2D eigenvalue weighted by atomic mass is 10.1. The van der Waals surface area contributed by atoms with Crippen molar-refractivity contribution in [3.8, 4) is 5.75 Å². The van der Waals surface area contributed by atoms with Crippen molar-refractivity contribution in [1.29, 1.82) is 0 Å². The summed E-state index contributed by atoms with van der Waals surface area (Å²) in [7, 11) is 1.91. The molecule has 1 aliphatic rings. The number of hydrogen-bond donors (Lipinski definition) is 2. The summed E-state index contributed by atoms with van der Waals surface area (Å²) in [5.74, 6) is 2.41. The monoisotopic (exact) mass is 337 g/mol. The molecular weight excluding hydrogens is 314 g/mol. The van der Waals surface area contributed by atoms with Crippen molar-refractivity contribution in [2.45, 2.75) is 44.6 Å². The van der Waals surface area contributed by atoms with Crippen molar-refractivity contribution in [2.75, 3.05) is 5.32 Å². The van der Waals surface area contributed by atoms with Crippen molar-refractivity contribution in [3.05, 3.63) is 41.9 Å². The Balaban J connectivity index is 1.73. The van der Waals surface area contributed by atoms with Crippen molar-refractivity contribution >= 4 is 16.9 Å². The summed E-state index contributed by atoms with van der Waals surface area (Å²) in [5.41, 5.74) is 1.70. The minimum Gasteiger partial charge on any atom is -0.508 e. The van der Waals surface area contributed by atoms with Crippen LogP contribution in [0.1, 0.15) is 56.0 Å². The highest BCUT2D eigenvalue weighted by molar-refractivity contribution is 5.86. The van der Waals surface area contributed by atoms with E-state index in [4.69, 9.17) is 9.97 Å². The highest BCUT2D eigenvalue weighted by Gasteiger charge is 2.23. The van der Waals surface area contributed by atoms with Gasteiger partial charge in [-0.05, 0) is 25.8 Å². The molecule has 3 aromatic rings. The predicted octanol–water partition coefficient (Wildman–Crippen LogP) is 3.90. The van der Waals surface area contributed by atoms with Crippen molar-refractivity contribution < 1.29 is 5.11 Å². The van der Waals surface area contributed by atoms with Crippen LogP contribution < -0.4 is 5.32 Å². The number of phenolic OH excluding ortho intramolecular Hbond substituents is 1. The molecule has 1 aromatic carbocycles. The fourth-order valence-corrected chi connectivity index (χ4v) is 3.65. The number of aryl methyl sites for hydroxylation is 1. The molecule has 1 fully saturated rings. The predicted molar refractivity (Wildman–Crippen MR) is 97.7 cm³/mol. The third-order valence-electron chi connectivity index (χ3n) is 5.09. The molecule has 2 heterocycles. The molecule has 25 heavy (non-hydrogen) atoms. The second-order valence-corrected chi connectivity index (χ2v) is 6.84. The Labute approximate surface area is 146 Å². The van der Waals surface area contributed by atoms with E-state index >= 15 is 0 Å². The summed E-state index contributed by atoms with van der Waals surface area (Å²) in [6.45, 7) is 2.02. The normalized spacial score (nSPS) is 16.4. The van der Waals surface area contributed by atoms with E-state index in [2.05, 4.69) is 10.4 Å². The molecule has 2 N–H and O–H groups in total. The number of phenols is 1. The molecule has 6 heteroatoms. The van der Waals surface area contributed by atoms with Gasteiger partial charge >= 0.3 is 0 Å². The maximum absolute atomic E-state index is 10.1. The first kappa shape index (κ1) is 15.9. The first-order valence-electron chi connectivity index (χ1n) is 8.87. The summed E-state index contributed by atoms with van der Waals surface area (Å²) < 4.78 is 1.80. The Hall–Kier alpha value is -2.63. The minimum atomic E-state index is -0.0732. The molecule has 1 unspecified atom stereocenters. The maximum Gasteiger partial charge on any atom is 0.163 e. The fourth-order valence-electron chi connectivity index (χ4n) is 3.65. The summed E-state index contributed by atoms with van der Waals surface area (Å²) in [6, 6.07) is 7.31. The van der Waals surface area contributed by atoms with E-state index in [0.717, 1.165) is 41.1 Å². The zero-order valence-corrected chi connectivity index (χ0v) is 14.6. The van der Waals surface area contributed by atoms with Crippen molar-refractivity contribution in [3.63, 3.8) is 0 Å². The second kappa shape index (κ2) is 6.35. The number of hydrogen-bond acceptors (Lipinski definition) is 5. The van der Waals surface area contributed by atoms with Gasteiger partial charge in [-0.3, -0.25) is 4.68 Å². The van der Waals surface area contributed by atoms with Gasteiger partial charge in [0.05, 0.1) is 17.6 Å². The third kappa shape index (κ3) is 2.92. The minimum absolute atomic E-state index is 0.0732. The molecule has 130 valence electrons. The number of nitrogens with zero attached hydrogens (tertiary/aromatic N) is 4. The van der Waals surface area contributed by atoms with Crippen LogP contribution in [0, 0.1) is 0 Å². The summed E-state index contributed by atoms with van der Waals surface area (Å²) >= 11 is 0. The second-order valence-electron chi connectivity index (χ2n) is 6.84. The Kier molecular flexibility index (Phi) is 4.03. The van der Waals surface area contributed by atoms with Gasteiger partial charge in [0.2, 0.25) is 0 Å². The number of nitrogens with one attached hydrogen (secondary N) is 1. The summed E-state index contributed by atoms with van der Waals surface area (Å²) in [4.78, 5) is 9.61. The average molecular weight is 337 g/mol. The Morgan fingerprint density at radius 2 is 1.96 bits per heavy atom. The lowest BCUT2D eigenvalue weighted by molar-refractivity contribution is 0.465. The first-order chi connectivity index (χ1) is 12.1. The van der Waals surface area contributed by atoms with E-state index in [1.54, 1.807) is 16.9 Å². The van der Waals surface area contributed by atoms with E-state index in [0.29, 0.717) is 5.92 Å². The number of aromatic nitrogens is 4. The van der Waals surface area contributed by atoms with Crippen molar-refractivity contribution in [1.82, 2.24) is 19.7 Å². The van der Waals surface area contributed by atoms with Crippen LogP contribution in [0.15, 0.2) is 30.5 Å². The molecule has 6 nitrogen and oxygen atoms in total. The van der Waals surface area contributed by atoms with E-state index in [-0.39, 0.29) is 11.8 Å². The van der Waals surface area contributed by atoms with Crippen LogP contribution in [-0.2, 0) is 7.05 Å². The molecule has 4 rings (SSSR count). The lowest BCUT2D eigenvalue weighted by Crippen LogP contribution is -2.11. The largest absolute Gasteiger partial charge is 0.508 e. The number of anilines is 1. The molecule has 1 atom stereocenters. The zero-order chi connectivity index (χ0) is 17.4. The molecule has 0 spiro atoms. The van der Waals surface area contributed by atoms with Crippen LogP contribution in [-0.4, -0.2) is 24.9 Å². The number of fused-ring (bicyclic) bond motifs is 1. The lowest BCUT2D eigenvalue weighted by Gasteiger charge is -2.18. The zero-order valence-electron chi connectivity index (χ0n) is 14.6. The quantitative estimate of drug-likeness (QED) is 0.755. The van der Waals surface area contributed by atoms with E-state index in [9.17, 15) is 5.11 Å². The topological polar surface area (TPSA) is 75.9 Å². The smallest absolute Gasteiger partial charge is 0.163 e. The van der Waals surface area contributed by atoms with Crippen LogP contribution in [0.5, 0.6) is 5.75 Å². The maximum atomic E-state index is 10.1. The molecular formula is C19H23N5O. The third-order valence-corrected chi connectivity index (χ3v) is 5.09. The van der Waals surface area contributed by atoms with Gasteiger partial charge < -0.3 is 10.4 Å². The van der Waals surface area contributed by atoms with Crippen LogP contribution in [0.2, 0.25) is 0 Å². The number of para-hydroxylation sites is 1. The summed E-state index contributed by atoms with van der Waals surface area (Å²) in [6.07, 6.45) is 6.59. The highest BCUT2D eigenvalue weighted by Crippen LogP contribution is 2.35. The summed E-state index contributed by atoms with van der Waals surface area (Å²) in [5, 5.41) is 18.8. The standard InChI is InChI=1S/C19H23N5O/c1-12(14-9-5-6-10-16(14)25)21-18-15-11-20-24(2)19(15)23-17(22-18)13-7-3-4-8-13/h5-6,9-13,25H,3-4,7-8H2,1-2H3,(H,21,22,23). The van der Waals surface area contributed by atoms with Gasteiger partial charge in [-0.15, -0.1) is 0 Å². The molecule has 1 saturated carbocycles. The van der Waals surface area contributed by atoms with E-state index in [1.807, 2.05) is 32.2 Å². The van der Waals surface area contributed by atoms with Gasteiger partial charge in [-0.1, -0.05) is 31.0 Å². The molecule has 0 radical (unpaired) electrons. The number of aromatic hydroxyl groups is 1. The molecule has 0 bridgehead atoms. The fraction of sp³-hybridized carbons (Fsp3) is 0.421. The van der Waals surface area contributed by atoms with Crippen LogP contribution >= 0.6 is 0 Å². The SMILES string of the molecule is CC(Nc1nc(C2CCCC2)nc2c1cnn2C)c1ccccc1O. The van der Waals surface area contributed by atoms with E-state index in [1.165, 1.54) is 12.8 Å². The van der Waals surface area contributed by atoms with Crippen LogP contribution in [0.4, 0.5) is 5.82 Å². The van der Waals surface area contributed by atoms with Gasteiger partial charge in [0, 0.05) is 18.5 Å². The molecule has 0 aliphatic heterocycles. The van der Waals surface area contributed by atoms with Gasteiger partial charge in [0.1, 0.15) is 17.4 Å². The Morgan fingerprint density at radius 1 is 1.20 bits per heavy atom. The highest BCUT2D eigenvalue weighted by atomic mass is 16.3. The molecule has 2 aromatic heterocycles. The van der Waals surface area contributed by atoms with Crippen molar-refractivity contribution in [2.24, 2.45) is 7.05 Å². The van der Waals surface area contributed by atoms with Gasteiger partial charge in [0.25, 0.3) is 0 Å². The van der Waals surface area contributed by atoms with Gasteiger partial charge in [-0.2, -0.15) is 5.10 Å². The van der Waals surface area contributed by atoms with E-state index < -0.39 is 0 Å². The number of benzene rings is 1. The van der Waals surface area contributed by atoms with Gasteiger partial charge in [0.15, 0.2) is 5.65 Å². The average Bonchev–Trinajstić information content (AvgIpc) is 3.26. The molecule has 0 amide bonds. The van der Waals surface area contributed by atoms with Gasteiger partial charge in [-0.25, -0.2) is 9.97 Å². The van der Waals surface area contributed by atoms with Crippen LogP contribution in [0.3, 0.4) is 0 Å². The first-order valence-corrected chi connectivity index (χ1v) is 8.87. The number of rotatable bonds is 4. The molecule has 1 aliphatic carbocycles.